The Balaban J connectivity index is 1.83. The standard InChI is InChI=1S/C12H19N5O9P2/c1-13-11-10-12(15-5-14-11)17(6-16-10)7-2-8(26-28(21,22)23)9(24-3-7)4-25-27(18,19)20/h5-9H,2-4H2,1H3,(H,13,14,15)(H2,18,19,20)(H2,21,22,23)/t7-,8-,9+/m0/s1. The van der Waals surface area contributed by atoms with Gasteiger partial charge in [-0.05, 0) is 6.42 Å². The lowest BCUT2D eigenvalue weighted by molar-refractivity contribution is -0.107. The average molecular weight is 439 g/mol. The molecule has 14 nitrogen and oxygen atoms in total. The van der Waals surface area contributed by atoms with Crippen molar-refractivity contribution in [2.24, 2.45) is 0 Å². The molecule has 1 saturated heterocycles. The number of nitrogens with zero attached hydrogens (tertiary/aromatic N) is 4. The molecule has 1 aliphatic heterocycles. The molecule has 3 atom stereocenters. The lowest BCUT2D eigenvalue weighted by atomic mass is 10.0. The first-order chi connectivity index (χ1) is 13.1. The van der Waals surface area contributed by atoms with Gasteiger partial charge in [-0.15, -0.1) is 0 Å². The molecule has 1 fully saturated rings. The van der Waals surface area contributed by atoms with Crippen LogP contribution in [0.15, 0.2) is 12.7 Å². The molecule has 2 aromatic rings. The van der Waals surface area contributed by atoms with Crippen molar-refractivity contribution in [2.75, 3.05) is 25.6 Å². The SMILES string of the molecule is CNc1ncnc2c1ncn2[C@@H]1CO[C@H](COP(=O)(O)O)[C@@H](OP(=O)(O)O)C1. The Morgan fingerprint density at radius 1 is 1.25 bits per heavy atom. The van der Waals surface area contributed by atoms with Crippen molar-refractivity contribution in [1.29, 1.82) is 0 Å². The van der Waals surface area contributed by atoms with Gasteiger partial charge < -0.3 is 34.2 Å². The van der Waals surface area contributed by atoms with Crippen LogP contribution in [-0.2, 0) is 22.9 Å². The van der Waals surface area contributed by atoms with Gasteiger partial charge in [0, 0.05) is 7.05 Å². The number of hydrogen-bond donors (Lipinski definition) is 5. The predicted molar refractivity (Wildman–Crippen MR) is 93.2 cm³/mol. The Labute approximate surface area is 158 Å². The molecule has 3 heterocycles. The number of rotatable bonds is 7. The Hall–Kier alpha value is -1.47. The van der Waals surface area contributed by atoms with Gasteiger partial charge in [0.15, 0.2) is 11.5 Å². The summed E-state index contributed by atoms with van der Waals surface area (Å²) >= 11 is 0. The molecular weight excluding hydrogens is 420 g/mol. The first-order valence-corrected chi connectivity index (χ1v) is 11.0. The summed E-state index contributed by atoms with van der Waals surface area (Å²) < 4.78 is 38.6. The fourth-order valence-electron chi connectivity index (χ4n) is 2.94. The second kappa shape index (κ2) is 8.11. The number of aromatic nitrogens is 4. The van der Waals surface area contributed by atoms with Crippen molar-refractivity contribution in [3.05, 3.63) is 12.7 Å². The second-order valence-corrected chi connectivity index (χ2v) is 8.41. The molecule has 1 aliphatic rings. The summed E-state index contributed by atoms with van der Waals surface area (Å²) in [6, 6.07) is -0.451. The van der Waals surface area contributed by atoms with Gasteiger partial charge in [0.05, 0.1) is 31.7 Å². The van der Waals surface area contributed by atoms with E-state index in [4.69, 9.17) is 28.8 Å². The lowest BCUT2D eigenvalue weighted by Gasteiger charge is -2.36. The molecular formula is C12H19N5O9P2. The molecule has 0 aliphatic carbocycles. The molecule has 5 N–H and O–H groups in total. The Bertz CT molecular complexity index is 927. The van der Waals surface area contributed by atoms with E-state index in [2.05, 4.69) is 24.8 Å². The van der Waals surface area contributed by atoms with Crippen molar-refractivity contribution in [3.63, 3.8) is 0 Å². The summed E-state index contributed by atoms with van der Waals surface area (Å²) in [5.74, 6) is 0.511. The highest BCUT2D eigenvalue weighted by molar-refractivity contribution is 7.46. The van der Waals surface area contributed by atoms with Crippen LogP contribution in [0.4, 0.5) is 5.82 Å². The van der Waals surface area contributed by atoms with E-state index in [-0.39, 0.29) is 13.0 Å². The second-order valence-electron chi connectivity index (χ2n) is 5.98. The Morgan fingerprint density at radius 3 is 2.64 bits per heavy atom. The molecule has 3 rings (SSSR count). The maximum Gasteiger partial charge on any atom is 0.469 e. The van der Waals surface area contributed by atoms with E-state index < -0.39 is 40.5 Å². The molecule has 0 radical (unpaired) electrons. The summed E-state index contributed by atoms with van der Waals surface area (Å²) in [7, 11) is -7.99. The summed E-state index contributed by atoms with van der Waals surface area (Å²) in [4.78, 5) is 48.5. The molecule has 0 aromatic carbocycles. The van der Waals surface area contributed by atoms with E-state index in [1.807, 2.05) is 0 Å². The smallest absolute Gasteiger partial charge is 0.371 e. The normalized spacial score (nSPS) is 23.8. The molecule has 2 aromatic heterocycles. The zero-order valence-electron chi connectivity index (χ0n) is 14.5. The summed E-state index contributed by atoms with van der Waals surface area (Å²) in [5, 5.41) is 2.89. The minimum absolute atomic E-state index is 0.0561. The number of nitrogens with one attached hydrogen (secondary N) is 1. The van der Waals surface area contributed by atoms with Gasteiger partial charge in [0.2, 0.25) is 0 Å². The molecule has 0 bridgehead atoms. The van der Waals surface area contributed by atoms with Crippen LogP contribution in [0, 0.1) is 0 Å². The van der Waals surface area contributed by atoms with Gasteiger partial charge in [-0.3, -0.25) is 9.05 Å². The third-order valence-corrected chi connectivity index (χ3v) is 5.12. The van der Waals surface area contributed by atoms with E-state index in [1.165, 1.54) is 12.7 Å². The quantitative estimate of drug-likeness (QED) is 0.355. The van der Waals surface area contributed by atoms with Crippen LogP contribution in [0.1, 0.15) is 12.5 Å². The van der Waals surface area contributed by atoms with Gasteiger partial charge in [-0.1, -0.05) is 0 Å². The van der Waals surface area contributed by atoms with E-state index in [1.54, 1.807) is 11.6 Å². The van der Waals surface area contributed by atoms with Gasteiger partial charge in [-0.2, -0.15) is 0 Å². The lowest BCUT2D eigenvalue weighted by Crippen LogP contribution is -2.43. The summed E-state index contributed by atoms with van der Waals surface area (Å²) in [6.07, 6.45) is 0.624. The van der Waals surface area contributed by atoms with Gasteiger partial charge >= 0.3 is 15.6 Å². The monoisotopic (exact) mass is 439 g/mol. The molecule has 0 unspecified atom stereocenters. The maximum absolute atomic E-state index is 11.3. The Kier molecular flexibility index (Phi) is 6.15. The van der Waals surface area contributed by atoms with E-state index in [9.17, 15) is 9.13 Å². The number of ether oxygens (including phenoxy) is 1. The molecule has 0 amide bonds. The van der Waals surface area contributed by atoms with Gasteiger partial charge in [0.1, 0.15) is 17.9 Å². The number of anilines is 1. The van der Waals surface area contributed by atoms with Crippen molar-refractivity contribution < 1.29 is 42.5 Å². The number of imidazole rings is 1. The largest absolute Gasteiger partial charge is 0.469 e. The molecule has 16 heteroatoms. The number of phosphoric acid groups is 2. The highest BCUT2D eigenvalue weighted by Crippen LogP contribution is 2.43. The van der Waals surface area contributed by atoms with E-state index in [0.717, 1.165) is 0 Å². The third-order valence-electron chi connectivity index (χ3n) is 4.09. The molecule has 156 valence electrons. The minimum Gasteiger partial charge on any atom is -0.371 e. The minimum atomic E-state index is -4.89. The fraction of sp³-hybridized carbons (Fsp3) is 0.583. The van der Waals surface area contributed by atoms with Crippen LogP contribution in [0.5, 0.6) is 0 Å². The number of hydrogen-bond acceptors (Lipinski definition) is 9. The number of phosphoric ester groups is 2. The van der Waals surface area contributed by atoms with E-state index in [0.29, 0.717) is 17.0 Å². The van der Waals surface area contributed by atoms with Crippen LogP contribution in [0.2, 0.25) is 0 Å². The average Bonchev–Trinajstić information content (AvgIpc) is 3.02. The first-order valence-electron chi connectivity index (χ1n) is 7.98. The van der Waals surface area contributed by atoms with Crippen LogP contribution in [0.25, 0.3) is 11.2 Å². The Morgan fingerprint density at radius 2 is 2.00 bits per heavy atom. The highest BCUT2D eigenvalue weighted by atomic mass is 31.2. The molecule has 28 heavy (non-hydrogen) atoms. The first kappa shape index (κ1) is 21.2. The molecule has 0 spiro atoms. The number of fused-ring (bicyclic) bond motifs is 1. The summed E-state index contributed by atoms with van der Waals surface area (Å²) in [6.45, 7) is -0.543. The van der Waals surface area contributed by atoms with Crippen molar-refractivity contribution in [1.82, 2.24) is 19.5 Å². The van der Waals surface area contributed by atoms with E-state index >= 15 is 0 Å². The zero-order chi connectivity index (χ0) is 20.5. The van der Waals surface area contributed by atoms with Crippen LogP contribution < -0.4 is 5.32 Å². The predicted octanol–water partition coefficient (Wildman–Crippen LogP) is -0.215. The third kappa shape index (κ3) is 5.11. The van der Waals surface area contributed by atoms with Gasteiger partial charge in [0.25, 0.3) is 0 Å². The zero-order valence-corrected chi connectivity index (χ0v) is 16.3. The van der Waals surface area contributed by atoms with Crippen molar-refractivity contribution >= 4 is 32.6 Å². The van der Waals surface area contributed by atoms with Crippen LogP contribution >= 0.6 is 15.6 Å². The maximum atomic E-state index is 11.3. The van der Waals surface area contributed by atoms with Crippen molar-refractivity contribution in [2.45, 2.75) is 24.7 Å². The fourth-order valence-corrected chi connectivity index (χ4v) is 3.85. The van der Waals surface area contributed by atoms with Crippen LogP contribution in [-0.4, -0.2) is 71.6 Å². The summed E-state index contributed by atoms with van der Waals surface area (Å²) in [5.41, 5.74) is 0.984. The highest BCUT2D eigenvalue weighted by Gasteiger charge is 2.39. The van der Waals surface area contributed by atoms with Gasteiger partial charge in [-0.25, -0.2) is 24.1 Å². The van der Waals surface area contributed by atoms with Crippen LogP contribution in [0.3, 0.4) is 0 Å². The molecule has 0 saturated carbocycles. The van der Waals surface area contributed by atoms with Crippen molar-refractivity contribution in [3.8, 4) is 0 Å². The topological polar surface area (TPSA) is 198 Å².